The van der Waals surface area contributed by atoms with Crippen LogP contribution in [0.25, 0.3) is 5.82 Å². The summed E-state index contributed by atoms with van der Waals surface area (Å²) >= 11 is 5.86. The van der Waals surface area contributed by atoms with Crippen LogP contribution in [0.5, 0.6) is 0 Å². The van der Waals surface area contributed by atoms with Gasteiger partial charge in [0, 0.05) is 18.7 Å². The van der Waals surface area contributed by atoms with E-state index in [1.165, 1.54) is 6.92 Å². The molecule has 0 aliphatic rings. The SMILES string of the molecule is CCc1cc(NC(C)=O)nn1-c1cccc(Cl)n1. The Labute approximate surface area is 110 Å². The summed E-state index contributed by atoms with van der Waals surface area (Å²) in [6.07, 6.45) is 0.779. The van der Waals surface area contributed by atoms with Crippen molar-refractivity contribution in [2.45, 2.75) is 20.3 Å². The molecule has 0 atom stereocenters. The molecule has 0 unspecified atom stereocenters. The van der Waals surface area contributed by atoms with Crippen molar-refractivity contribution in [3.8, 4) is 5.82 Å². The van der Waals surface area contributed by atoms with Crippen LogP contribution in [0.1, 0.15) is 19.5 Å². The molecule has 0 spiro atoms. The highest BCUT2D eigenvalue weighted by Gasteiger charge is 2.10. The summed E-state index contributed by atoms with van der Waals surface area (Å²) < 4.78 is 1.68. The van der Waals surface area contributed by atoms with Crippen molar-refractivity contribution in [3.63, 3.8) is 0 Å². The second kappa shape index (κ2) is 5.18. The average molecular weight is 265 g/mol. The first-order chi connectivity index (χ1) is 8.60. The molecule has 0 saturated heterocycles. The third kappa shape index (κ3) is 2.68. The Balaban J connectivity index is 2.43. The first-order valence-electron chi connectivity index (χ1n) is 5.59. The molecule has 0 radical (unpaired) electrons. The largest absolute Gasteiger partial charge is 0.309 e. The maximum Gasteiger partial charge on any atom is 0.222 e. The van der Waals surface area contributed by atoms with Crippen molar-refractivity contribution in [3.05, 3.63) is 35.1 Å². The van der Waals surface area contributed by atoms with Crippen molar-refractivity contribution in [2.24, 2.45) is 0 Å². The fraction of sp³-hybridized carbons (Fsp3) is 0.250. The van der Waals surface area contributed by atoms with E-state index in [4.69, 9.17) is 11.6 Å². The second-order valence-electron chi connectivity index (χ2n) is 3.79. The molecule has 0 fully saturated rings. The van der Waals surface area contributed by atoms with E-state index in [1.807, 2.05) is 25.1 Å². The summed E-state index contributed by atoms with van der Waals surface area (Å²) in [7, 11) is 0. The van der Waals surface area contributed by atoms with E-state index in [0.717, 1.165) is 12.1 Å². The zero-order valence-electron chi connectivity index (χ0n) is 10.1. The number of amides is 1. The molecular formula is C12H13ClN4O. The normalized spacial score (nSPS) is 10.4. The maximum atomic E-state index is 11.0. The fourth-order valence-electron chi connectivity index (χ4n) is 1.63. The van der Waals surface area contributed by atoms with Crippen LogP contribution in [0.2, 0.25) is 5.15 Å². The lowest BCUT2D eigenvalue weighted by Gasteiger charge is -2.04. The molecule has 18 heavy (non-hydrogen) atoms. The third-order valence-electron chi connectivity index (χ3n) is 2.37. The molecule has 2 aromatic rings. The molecule has 0 aromatic carbocycles. The first-order valence-corrected chi connectivity index (χ1v) is 5.97. The lowest BCUT2D eigenvalue weighted by molar-refractivity contribution is -0.114. The minimum absolute atomic E-state index is 0.152. The van der Waals surface area contributed by atoms with Crippen LogP contribution in [-0.4, -0.2) is 20.7 Å². The fourth-order valence-corrected chi connectivity index (χ4v) is 1.79. The van der Waals surface area contributed by atoms with Gasteiger partial charge < -0.3 is 5.32 Å². The second-order valence-corrected chi connectivity index (χ2v) is 4.17. The van der Waals surface area contributed by atoms with E-state index in [-0.39, 0.29) is 5.91 Å². The van der Waals surface area contributed by atoms with Gasteiger partial charge in [0.05, 0.1) is 0 Å². The molecule has 0 bridgehead atoms. The van der Waals surface area contributed by atoms with Crippen LogP contribution in [0.15, 0.2) is 24.3 Å². The Bertz CT molecular complexity index is 579. The van der Waals surface area contributed by atoms with E-state index in [2.05, 4.69) is 15.4 Å². The number of aryl methyl sites for hydroxylation is 1. The smallest absolute Gasteiger partial charge is 0.222 e. The van der Waals surface area contributed by atoms with Crippen LogP contribution in [0.4, 0.5) is 5.82 Å². The maximum absolute atomic E-state index is 11.0. The van der Waals surface area contributed by atoms with Crippen LogP contribution in [0.3, 0.4) is 0 Å². The van der Waals surface area contributed by atoms with Crippen LogP contribution < -0.4 is 5.32 Å². The summed E-state index contributed by atoms with van der Waals surface area (Å²) in [5, 5.41) is 7.36. The van der Waals surface area contributed by atoms with Crippen LogP contribution in [-0.2, 0) is 11.2 Å². The first kappa shape index (κ1) is 12.6. The Morgan fingerprint density at radius 3 is 2.89 bits per heavy atom. The van der Waals surface area contributed by atoms with Crippen molar-refractivity contribution in [2.75, 3.05) is 5.32 Å². The van der Waals surface area contributed by atoms with Gasteiger partial charge in [0.2, 0.25) is 5.91 Å². The number of halogens is 1. The van der Waals surface area contributed by atoms with E-state index < -0.39 is 0 Å². The number of carbonyl (C=O) groups excluding carboxylic acids is 1. The third-order valence-corrected chi connectivity index (χ3v) is 2.58. The van der Waals surface area contributed by atoms with Crippen LogP contribution in [0, 0.1) is 0 Å². The number of pyridine rings is 1. The van der Waals surface area contributed by atoms with E-state index in [0.29, 0.717) is 16.8 Å². The summed E-state index contributed by atoms with van der Waals surface area (Å²) in [5.41, 5.74) is 0.952. The summed E-state index contributed by atoms with van der Waals surface area (Å²) in [5.74, 6) is 0.999. The van der Waals surface area contributed by atoms with Gasteiger partial charge in [-0.05, 0) is 18.6 Å². The lowest BCUT2D eigenvalue weighted by Crippen LogP contribution is -2.07. The molecule has 2 heterocycles. The minimum Gasteiger partial charge on any atom is -0.309 e. The topological polar surface area (TPSA) is 59.8 Å². The Hall–Kier alpha value is -1.88. The van der Waals surface area contributed by atoms with Gasteiger partial charge >= 0.3 is 0 Å². The molecule has 0 saturated carbocycles. The standard InChI is InChI=1S/C12H13ClN4O/c1-3-9-7-11(14-8(2)18)16-17(9)12-6-4-5-10(13)15-12/h4-7H,3H2,1-2H3,(H,14,16,18). The minimum atomic E-state index is -0.152. The molecule has 2 aromatic heterocycles. The van der Waals surface area contributed by atoms with Crippen molar-refractivity contribution in [1.29, 1.82) is 0 Å². The molecule has 1 N–H and O–H groups in total. The Morgan fingerprint density at radius 2 is 2.28 bits per heavy atom. The van der Waals surface area contributed by atoms with Gasteiger partial charge in [-0.2, -0.15) is 0 Å². The summed E-state index contributed by atoms with van der Waals surface area (Å²) in [6, 6.07) is 7.15. The van der Waals surface area contributed by atoms with Crippen molar-refractivity contribution >= 4 is 23.3 Å². The molecule has 94 valence electrons. The summed E-state index contributed by atoms with van der Waals surface area (Å²) in [4.78, 5) is 15.2. The lowest BCUT2D eigenvalue weighted by atomic mass is 10.3. The molecular weight excluding hydrogens is 252 g/mol. The van der Waals surface area contributed by atoms with Crippen LogP contribution >= 0.6 is 11.6 Å². The average Bonchev–Trinajstić information content (AvgIpc) is 2.71. The van der Waals surface area contributed by atoms with Gasteiger partial charge in [0.15, 0.2) is 11.6 Å². The van der Waals surface area contributed by atoms with Gasteiger partial charge in [0.1, 0.15) is 5.15 Å². The number of nitrogens with zero attached hydrogens (tertiary/aromatic N) is 3. The van der Waals surface area contributed by atoms with E-state index >= 15 is 0 Å². The highest BCUT2D eigenvalue weighted by atomic mass is 35.5. The molecule has 0 aliphatic carbocycles. The number of nitrogens with one attached hydrogen (secondary N) is 1. The monoisotopic (exact) mass is 264 g/mol. The Kier molecular flexibility index (Phi) is 3.62. The number of carbonyl (C=O) groups is 1. The highest BCUT2D eigenvalue weighted by molar-refractivity contribution is 6.29. The molecule has 5 nitrogen and oxygen atoms in total. The van der Waals surface area contributed by atoms with Crippen molar-refractivity contribution < 1.29 is 4.79 Å². The van der Waals surface area contributed by atoms with E-state index in [9.17, 15) is 4.79 Å². The van der Waals surface area contributed by atoms with Crippen molar-refractivity contribution in [1.82, 2.24) is 14.8 Å². The van der Waals surface area contributed by atoms with Gasteiger partial charge in [-0.15, -0.1) is 5.10 Å². The quantitative estimate of drug-likeness (QED) is 0.866. The number of anilines is 1. The zero-order chi connectivity index (χ0) is 13.1. The number of hydrogen-bond donors (Lipinski definition) is 1. The molecule has 0 aliphatic heterocycles. The van der Waals surface area contributed by atoms with Gasteiger partial charge in [-0.25, -0.2) is 9.67 Å². The summed E-state index contributed by atoms with van der Waals surface area (Å²) in [6.45, 7) is 3.46. The molecule has 2 rings (SSSR count). The molecule has 1 amide bonds. The highest BCUT2D eigenvalue weighted by Crippen LogP contribution is 2.16. The van der Waals surface area contributed by atoms with Gasteiger partial charge in [-0.3, -0.25) is 4.79 Å². The number of rotatable bonds is 3. The van der Waals surface area contributed by atoms with Gasteiger partial charge in [-0.1, -0.05) is 24.6 Å². The zero-order valence-corrected chi connectivity index (χ0v) is 10.9. The molecule has 6 heteroatoms. The van der Waals surface area contributed by atoms with Gasteiger partial charge in [0.25, 0.3) is 0 Å². The predicted molar refractivity (Wildman–Crippen MR) is 70.1 cm³/mol. The number of hydrogen-bond acceptors (Lipinski definition) is 3. The number of aromatic nitrogens is 3. The Morgan fingerprint density at radius 1 is 1.50 bits per heavy atom. The predicted octanol–water partition coefficient (Wildman–Crippen LogP) is 2.44. The van der Waals surface area contributed by atoms with E-state index in [1.54, 1.807) is 10.7 Å².